The SMILES string of the molecule is COc1cc(C(N)=O)c(-n2cc(CNc3ccc(C(F)(F)F)cc3)nn2)cc1OC. The Labute approximate surface area is 169 Å². The van der Waals surface area contributed by atoms with E-state index in [1.54, 1.807) is 12.3 Å². The molecule has 0 radical (unpaired) electrons. The van der Waals surface area contributed by atoms with Crippen LogP contribution in [0.25, 0.3) is 5.69 Å². The van der Waals surface area contributed by atoms with E-state index >= 15 is 0 Å². The number of hydrogen-bond acceptors (Lipinski definition) is 6. The second kappa shape index (κ2) is 8.31. The predicted molar refractivity (Wildman–Crippen MR) is 102 cm³/mol. The fraction of sp³-hybridized carbons (Fsp3) is 0.211. The predicted octanol–water partition coefficient (Wildman–Crippen LogP) is 3.01. The highest BCUT2D eigenvalue weighted by Crippen LogP contribution is 2.32. The maximum absolute atomic E-state index is 12.6. The molecule has 0 unspecified atom stereocenters. The lowest BCUT2D eigenvalue weighted by Gasteiger charge is -2.12. The van der Waals surface area contributed by atoms with E-state index in [-0.39, 0.29) is 12.1 Å². The van der Waals surface area contributed by atoms with E-state index in [1.807, 2.05) is 0 Å². The number of benzene rings is 2. The summed E-state index contributed by atoms with van der Waals surface area (Å²) >= 11 is 0. The molecule has 0 saturated carbocycles. The summed E-state index contributed by atoms with van der Waals surface area (Å²) in [5, 5.41) is 11.0. The van der Waals surface area contributed by atoms with Gasteiger partial charge in [-0.2, -0.15) is 13.2 Å². The molecule has 1 heterocycles. The van der Waals surface area contributed by atoms with Gasteiger partial charge in [0.2, 0.25) is 0 Å². The fourth-order valence-electron chi connectivity index (χ4n) is 2.72. The summed E-state index contributed by atoms with van der Waals surface area (Å²) in [4.78, 5) is 11.9. The minimum Gasteiger partial charge on any atom is -0.493 e. The second-order valence-corrected chi connectivity index (χ2v) is 6.17. The van der Waals surface area contributed by atoms with E-state index in [1.165, 1.54) is 37.1 Å². The summed E-state index contributed by atoms with van der Waals surface area (Å²) in [7, 11) is 2.88. The molecule has 3 aromatic rings. The van der Waals surface area contributed by atoms with E-state index in [2.05, 4.69) is 15.6 Å². The van der Waals surface area contributed by atoms with Crippen molar-refractivity contribution in [3.05, 3.63) is 59.4 Å². The Hall–Kier alpha value is -3.76. The number of alkyl halides is 3. The van der Waals surface area contributed by atoms with Crippen molar-refractivity contribution in [3.8, 4) is 17.2 Å². The van der Waals surface area contributed by atoms with Gasteiger partial charge in [-0.3, -0.25) is 4.79 Å². The quantitative estimate of drug-likeness (QED) is 0.608. The summed E-state index contributed by atoms with van der Waals surface area (Å²) < 4.78 is 49.7. The molecule has 8 nitrogen and oxygen atoms in total. The van der Waals surface area contributed by atoms with Crippen LogP contribution in [0.3, 0.4) is 0 Å². The molecule has 0 aliphatic carbocycles. The molecule has 0 bridgehead atoms. The Morgan fingerprint density at radius 3 is 2.33 bits per heavy atom. The number of rotatable bonds is 7. The van der Waals surface area contributed by atoms with E-state index in [4.69, 9.17) is 15.2 Å². The summed E-state index contributed by atoms with van der Waals surface area (Å²) in [6.45, 7) is 0.199. The molecule has 0 aliphatic heterocycles. The molecule has 3 rings (SSSR count). The smallest absolute Gasteiger partial charge is 0.416 e. The lowest BCUT2D eigenvalue weighted by atomic mass is 10.1. The van der Waals surface area contributed by atoms with Gasteiger partial charge >= 0.3 is 6.18 Å². The van der Waals surface area contributed by atoms with Crippen molar-refractivity contribution in [2.75, 3.05) is 19.5 Å². The Morgan fingerprint density at radius 1 is 1.13 bits per heavy atom. The number of amides is 1. The number of hydrogen-bond donors (Lipinski definition) is 2. The van der Waals surface area contributed by atoms with Crippen LogP contribution in [0.1, 0.15) is 21.6 Å². The molecule has 2 aromatic carbocycles. The topological polar surface area (TPSA) is 104 Å². The van der Waals surface area contributed by atoms with Crippen LogP contribution >= 0.6 is 0 Å². The van der Waals surface area contributed by atoms with Crippen LogP contribution in [0.15, 0.2) is 42.6 Å². The highest BCUT2D eigenvalue weighted by Gasteiger charge is 2.29. The molecule has 0 spiro atoms. The summed E-state index contributed by atoms with van der Waals surface area (Å²) in [6.07, 6.45) is -2.83. The van der Waals surface area contributed by atoms with Gasteiger partial charge in [-0.05, 0) is 30.3 Å². The number of nitrogens with two attached hydrogens (primary N) is 1. The van der Waals surface area contributed by atoms with Crippen LogP contribution in [0.5, 0.6) is 11.5 Å². The van der Waals surface area contributed by atoms with Crippen molar-refractivity contribution in [2.24, 2.45) is 5.73 Å². The molecule has 0 atom stereocenters. The summed E-state index contributed by atoms with van der Waals surface area (Å²) in [5.41, 5.74) is 6.20. The molecule has 0 fully saturated rings. The average molecular weight is 421 g/mol. The normalized spacial score (nSPS) is 11.2. The number of ether oxygens (including phenoxy) is 2. The zero-order valence-electron chi connectivity index (χ0n) is 16.0. The third-order valence-electron chi connectivity index (χ3n) is 4.24. The van der Waals surface area contributed by atoms with Crippen LogP contribution in [-0.4, -0.2) is 35.1 Å². The first-order valence-corrected chi connectivity index (χ1v) is 8.61. The first-order chi connectivity index (χ1) is 14.2. The minimum absolute atomic E-state index is 0.153. The van der Waals surface area contributed by atoms with Crippen molar-refractivity contribution in [1.29, 1.82) is 0 Å². The molecular formula is C19H18F3N5O3. The first-order valence-electron chi connectivity index (χ1n) is 8.61. The number of methoxy groups -OCH3 is 2. The maximum atomic E-state index is 12.6. The number of nitrogens with zero attached hydrogens (tertiary/aromatic N) is 3. The van der Waals surface area contributed by atoms with Gasteiger partial charge in [0.05, 0.1) is 43.8 Å². The van der Waals surface area contributed by atoms with Crippen LogP contribution in [0.4, 0.5) is 18.9 Å². The standard InChI is InChI=1S/C19H18F3N5O3/c1-29-16-7-14(18(23)28)15(8-17(16)30-2)27-10-13(25-26-27)9-24-12-5-3-11(4-6-12)19(20,21)22/h3-8,10,24H,9H2,1-2H3,(H2,23,28). The molecule has 158 valence electrons. The minimum atomic E-state index is -4.39. The van der Waals surface area contributed by atoms with Gasteiger partial charge in [0.25, 0.3) is 5.91 Å². The lowest BCUT2D eigenvalue weighted by molar-refractivity contribution is -0.137. The number of carbonyl (C=O) groups excluding carboxylic acids is 1. The van der Waals surface area contributed by atoms with Crippen LogP contribution in [0.2, 0.25) is 0 Å². The number of halogens is 3. The van der Waals surface area contributed by atoms with Gasteiger partial charge in [0.15, 0.2) is 11.5 Å². The van der Waals surface area contributed by atoms with Crippen molar-refractivity contribution in [2.45, 2.75) is 12.7 Å². The van der Waals surface area contributed by atoms with Crippen molar-refractivity contribution >= 4 is 11.6 Å². The van der Waals surface area contributed by atoms with Gasteiger partial charge in [0.1, 0.15) is 5.69 Å². The van der Waals surface area contributed by atoms with E-state index < -0.39 is 17.6 Å². The van der Waals surface area contributed by atoms with Gasteiger partial charge in [-0.25, -0.2) is 4.68 Å². The highest BCUT2D eigenvalue weighted by atomic mass is 19.4. The molecule has 0 aliphatic rings. The van der Waals surface area contributed by atoms with E-state index in [0.717, 1.165) is 12.1 Å². The van der Waals surface area contributed by atoms with Crippen molar-refractivity contribution < 1.29 is 27.4 Å². The molecule has 0 saturated heterocycles. The van der Waals surface area contributed by atoms with Crippen molar-refractivity contribution in [3.63, 3.8) is 0 Å². The third kappa shape index (κ3) is 4.45. The first kappa shape index (κ1) is 21.0. The van der Waals surface area contributed by atoms with Gasteiger partial charge in [0, 0.05) is 11.8 Å². The third-order valence-corrected chi connectivity index (χ3v) is 4.24. The van der Waals surface area contributed by atoms with Crippen molar-refractivity contribution in [1.82, 2.24) is 15.0 Å². The number of anilines is 1. The van der Waals surface area contributed by atoms with Crippen LogP contribution in [0, 0.1) is 0 Å². The van der Waals surface area contributed by atoms with E-state index in [9.17, 15) is 18.0 Å². The van der Waals surface area contributed by atoms with Crippen LogP contribution in [-0.2, 0) is 12.7 Å². The Kier molecular flexibility index (Phi) is 5.81. The summed E-state index contributed by atoms with van der Waals surface area (Å²) in [6, 6.07) is 7.61. The summed E-state index contributed by atoms with van der Waals surface area (Å²) in [5.74, 6) is 0.0164. The molecule has 11 heteroatoms. The van der Waals surface area contributed by atoms with Gasteiger partial charge < -0.3 is 20.5 Å². The second-order valence-electron chi connectivity index (χ2n) is 6.17. The largest absolute Gasteiger partial charge is 0.493 e. The monoisotopic (exact) mass is 421 g/mol. The van der Waals surface area contributed by atoms with Gasteiger partial charge in [-0.1, -0.05) is 5.21 Å². The highest BCUT2D eigenvalue weighted by molar-refractivity contribution is 5.97. The maximum Gasteiger partial charge on any atom is 0.416 e. The molecule has 1 amide bonds. The van der Waals surface area contributed by atoms with Crippen LogP contribution < -0.4 is 20.5 Å². The molecule has 1 aromatic heterocycles. The average Bonchev–Trinajstić information content (AvgIpc) is 3.19. The number of aromatic nitrogens is 3. The Balaban J connectivity index is 1.80. The number of nitrogens with one attached hydrogen (secondary N) is 1. The zero-order valence-corrected chi connectivity index (χ0v) is 16.0. The molecular weight excluding hydrogens is 403 g/mol. The lowest BCUT2D eigenvalue weighted by Crippen LogP contribution is -2.15. The molecule has 30 heavy (non-hydrogen) atoms. The van der Waals surface area contributed by atoms with Gasteiger partial charge in [-0.15, -0.1) is 5.10 Å². The Bertz CT molecular complexity index is 1050. The zero-order chi connectivity index (χ0) is 21.9. The fourth-order valence-corrected chi connectivity index (χ4v) is 2.72. The number of primary amides is 1. The Morgan fingerprint density at radius 2 is 1.77 bits per heavy atom. The van der Waals surface area contributed by atoms with E-state index in [0.29, 0.717) is 28.6 Å². The number of carbonyl (C=O) groups is 1. The molecule has 3 N–H and O–H groups in total.